The van der Waals surface area contributed by atoms with Gasteiger partial charge < -0.3 is 16.2 Å². The van der Waals surface area contributed by atoms with Gasteiger partial charge >= 0.3 is 5.97 Å². The highest BCUT2D eigenvalue weighted by Crippen LogP contribution is 2.21. The van der Waals surface area contributed by atoms with Gasteiger partial charge in [-0.3, -0.25) is 4.79 Å². The molecule has 1 unspecified atom stereocenters. The van der Waals surface area contributed by atoms with E-state index in [9.17, 15) is 14.7 Å². The molecule has 4 N–H and O–H groups in total. The summed E-state index contributed by atoms with van der Waals surface area (Å²) >= 11 is 0. The number of benzene rings is 1. The molecule has 5 nitrogen and oxygen atoms in total. The number of hydrogen-bond donors (Lipinski definition) is 3. The van der Waals surface area contributed by atoms with Crippen molar-refractivity contribution in [1.82, 2.24) is 5.32 Å². The van der Waals surface area contributed by atoms with Crippen LogP contribution >= 0.6 is 0 Å². The minimum Gasteiger partial charge on any atom is -0.479 e. The zero-order valence-corrected chi connectivity index (χ0v) is 12.1. The van der Waals surface area contributed by atoms with Gasteiger partial charge in [0.05, 0.1) is 6.04 Å². The highest BCUT2D eigenvalue weighted by molar-refractivity contribution is 5.90. The number of carbonyl (C=O) groups excluding carboxylic acids is 1. The molecule has 20 heavy (non-hydrogen) atoms. The van der Waals surface area contributed by atoms with E-state index in [1.54, 1.807) is 30.3 Å². The summed E-state index contributed by atoms with van der Waals surface area (Å²) in [6.45, 7) is 5.38. The van der Waals surface area contributed by atoms with Crippen LogP contribution in [0, 0.1) is 5.92 Å². The summed E-state index contributed by atoms with van der Waals surface area (Å²) in [6.07, 6.45) is 0.510. The average molecular weight is 278 g/mol. The molecule has 1 aromatic rings. The fourth-order valence-corrected chi connectivity index (χ4v) is 1.97. The van der Waals surface area contributed by atoms with Crippen LogP contribution < -0.4 is 11.1 Å². The summed E-state index contributed by atoms with van der Waals surface area (Å²) in [6, 6.07) is 7.88. The molecular weight excluding hydrogens is 256 g/mol. The zero-order chi connectivity index (χ0) is 15.3. The van der Waals surface area contributed by atoms with E-state index in [0.29, 0.717) is 12.0 Å². The zero-order valence-electron chi connectivity index (χ0n) is 12.1. The Bertz CT molecular complexity index is 473. The first kappa shape index (κ1) is 16.2. The van der Waals surface area contributed by atoms with Crippen LogP contribution in [-0.2, 0) is 15.1 Å². The van der Waals surface area contributed by atoms with Gasteiger partial charge in [0.1, 0.15) is 0 Å². The van der Waals surface area contributed by atoms with Crippen molar-refractivity contribution in [3.8, 4) is 0 Å². The van der Waals surface area contributed by atoms with Gasteiger partial charge in [-0.05, 0) is 24.8 Å². The Morgan fingerprint density at radius 1 is 1.30 bits per heavy atom. The summed E-state index contributed by atoms with van der Waals surface area (Å²) in [4.78, 5) is 23.6. The number of carboxylic acids is 1. The first-order valence-corrected chi connectivity index (χ1v) is 6.64. The lowest BCUT2D eigenvalue weighted by Crippen LogP contribution is -2.54. The fraction of sp³-hybridized carbons (Fsp3) is 0.467. The minimum absolute atomic E-state index is 0.267. The quantitative estimate of drug-likeness (QED) is 0.734. The van der Waals surface area contributed by atoms with Crippen molar-refractivity contribution >= 4 is 11.9 Å². The van der Waals surface area contributed by atoms with Crippen LogP contribution in [-0.4, -0.2) is 23.0 Å². The maximum atomic E-state index is 12.1. The maximum Gasteiger partial charge on any atom is 0.333 e. The van der Waals surface area contributed by atoms with Gasteiger partial charge in [0, 0.05) is 0 Å². The molecule has 0 saturated carbocycles. The van der Waals surface area contributed by atoms with E-state index in [2.05, 4.69) is 5.32 Å². The lowest BCUT2D eigenvalue weighted by atomic mass is 9.91. The molecule has 2 atom stereocenters. The van der Waals surface area contributed by atoms with Gasteiger partial charge in [-0.1, -0.05) is 44.2 Å². The van der Waals surface area contributed by atoms with Crippen molar-refractivity contribution in [2.45, 2.75) is 38.8 Å². The highest BCUT2D eigenvalue weighted by atomic mass is 16.4. The Labute approximate surface area is 119 Å². The number of nitrogens with two attached hydrogens (primary N) is 1. The molecule has 0 aromatic heterocycles. The van der Waals surface area contributed by atoms with E-state index in [4.69, 9.17) is 5.73 Å². The van der Waals surface area contributed by atoms with Gasteiger partial charge in [-0.2, -0.15) is 0 Å². The topological polar surface area (TPSA) is 92.4 Å². The molecule has 110 valence electrons. The van der Waals surface area contributed by atoms with Crippen molar-refractivity contribution in [3.63, 3.8) is 0 Å². The van der Waals surface area contributed by atoms with Crippen LogP contribution in [0.5, 0.6) is 0 Å². The van der Waals surface area contributed by atoms with Gasteiger partial charge in [-0.15, -0.1) is 0 Å². The van der Waals surface area contributed by atoms with Crippen LogP contribution in [0.4, 0.5) is 0 Å². The number of amides is 1. The van der Waals surface area contributed by atoms with Crippen LogP contribution in [0.2, 0.25) is 0 Å². The first-order chi connectivity index (χ1) is 9.27. The van der Waals surface area contributed by atoms with E-state index in [-0.39, 0.29) is 5.92 Å². The van der Waals surface area contributed by atoms with Crippen molar-refractivity contribution in [2.24, 2.45) is 11.7 Å². The average Bonchev–Trinajstić information content (AvgIpc) is 2.38. The molecule has 1 amide bonds. The smallest absolute Gasteiger partial charge is 0.333 e. The summed E-state index contributed by atoms with van der Waals surface area (Å²) in [5.74, 6) is -1.30. The summed E-state index contributed by atoms with van der Waals surface area (Å²) in [5.41, 5.74) is 4.83. The van der Waals surface area contributed by atoms with Gasteiger partial charge in [0.15, 0.2) is 5.54 Å². The molecule has 1 aromatic carbocycles. The molecule has 0 aliphatic heterocycles. The first-order valence-electron chi connectivity index (χ1n) is 6.64. The van der Waals surface area contributed by atoms with Crippen LogP contribution in [0.25, 0.3) is 0 Å². The number of rotatable bonds is 6. The van der Waals surface area contributed by atoms with Crippen LogP contribution in [0.15, 0.2) is 30.3 Å². The van der Waals surface area contributed by atoms with Crippen molar-refractivity contribution in [1.29, 1.82) is 0 Å². The van der Waals surface area contributed by atoms with Gasteiger partial charge in [0.2, 0.25) is 5.91 Å². The summed E-state index contributed by atoms with van der Waals surface area (Å²) in [5, 5.41) is 12.0. The standard InChI is InChI=1S/C15H22N2O3/c1-10(2)9-12(16)13(18)17-15(3,14(19)20)11-7-5-4-6-8-11/h4-8,10,12H,9,16H2,1-3H3,(H,17,18)(H,19,20)/t12-,15?/m1/s1. The largest absolute Gasteiger partial charge is 0.479 e. The number of aliphatic carboxylic acids is 1. The van der Waals surface area contributed by atoms with E-state index >= 15 is 0 Å². The maximum absolute atomic E-state index is 12.1. The molecule has 0 fully saturated rings. The third-order valence-corrected chi connectivity index (χ3v) is 3.21. The van der Waals surface area contributed by atoms with Crippen molar-refractivity contribution in [3.05, 3.63) is 35.9 Å². The molecule has 0 bridgehead atoms. The SMILES string of the molecule is CC(C)C[C@@H](N)C(=O)NC(C)(C(=O)O)c1ccccc1. The van der Waals surface area contributed by atoms with Gasteiger partial charge in [-0.25, -0.2) is 4.79 Å². The second kappa shape index (κ2) is 6.52. The van der Waals surface area contributed by atoms with E-state index < -0.39 is 23.5 Å². The number of carbonyl (C=O) groups is 2. The Kier molecular flexibility index (Phi) is 5.27. The van der Waals surface area contributed by atoms with Crippen LogP contribution in [0.1, 0.15) is 32.8 Å². The molecule has 0 saturated heterocycles. The third-order valence-electron chi connectivity index (χ3n) is 3.21. The minimum atomic E-state index is -1.48. The lowest BCUT2D eigenvalue weighted by Gasteiger charge is -2.28. The monoisotopic (exact) mass is 278 g/mol. The molecule has 0 aliphatic rings. The second-order valence-electron chi connectivity index (χ2n) is 5.52. The fourth-order valence-electron chi connectivity index (χ4n) is 1.97. The molecular formula is C15H22N2O3. The Hall–Kier alpha value is -1.88. The molecule has 0 heterocycles. The molecule has 1 rings (SSSR count). The molecule has 0 spiro atoms. The van der Waals surface area contributed by atoms with E-state index in [0.717, 1.165) is 0 Å². The predicted octanol–water partition coefficient (Wildman–Crippen LogP) is 1.48. The highest BCUT2D eigenvalue weighted by Gasteiger charge is 2.37. The predicted molar refractivity (Wildman–Crippen MR) is 77.0 cm³/mol. The summed E-state index contributed by atoms with van der Waals surface area (Å²) in [7, 11) is 0. The third kappa shape index (κ3) is 3.81. The number of carboxylic acid groups (broad SMARTS) is 1. The van der Waals surface area contributed by atoms with Gasteiger partial charge in [0.25, 0.3) is 0 Å². The number of nitrogens with one attached hydrogen (secondary N) is 1. The Morgan fingerprint density at radius 2 is 1.85 bits per heavy atom. The van der Waals surface area contributed by atoms with Crippen molar-refractivity contribution < 1.29 is 14.7 Å². The Balaban J connectivity index is 2.94. The molecule has 0 aliphatic carbocycles. The van der Waals surface area contributed by atoms with E-state index in [1.807, 2.05) is 13.8 Å². The number of hydrogen-bond acceptors (Lipinski definition) is 3. The van der Waals surface area contributed by atoms with Crippen molar-refractivity contribution in [2.75, 3.05) is 0 Å². The summed E-state index contributed by atoms with van der Waals surface area (Å²) < 4.78 is 0. The molecule has 5 heteroatoms. The van der Waals surface area contributed by atoms with E-state index in [1.165, 1.54) is 6.92 Å². The lowest BCUT2D eigenvalue weighted by molar-refractivity contribution is -0.147. The molecule has 0 radical (unpaired) electrons. The Morgan fingerprint density at radius 3 is 2.30 bits per heavy atom. The second-order valence-corrected chi connectivity index (χ2v) is 5.52. The normalized spacial score (nSPS) is 15.4. The van der Waals surface area contributed by atoms with Crippen LogP contribution in [0.3, 0.4) is 0 Å².